The van der Waals surface area contributed by atoms with Gasteiger partial charge in [-0.3, -0.25) is 4.79 Å². The van der Waals surface area contributed by atoms with Crippen molar-refractivity contribution in [3.05, 3.63) is 90.0 Å². The molecular formula is C26H25NO5. The number of para-hydroxylation sites is 1. The van der Waals surface area contributed by atoms with E-state index in [9.17, 15) is 9.59 Å². The number of hydrogen-bond acceptors (Lipinski definition) is 5. The molecule has 0 fully saturated rings. The van der Waals surface area contributed by atoms with E-state index in [2.05, 4.69) is 0 Å². The van der Waals surface area contributed by atoms with E-state index in [4.69, 9.17) is 14.2 Å². The van der Waals surface area contributed by atoms with Crippen molar-refractivity contribution in [1.82, 2.24) is 0 Å². The van der Waals surface area contributed by atoms with Crippen LogP contribution >= 0.6 is 0 Å². The first kappa shape index (κ1) is 21.4. The topological polar surface area (TPSA) is 65.1 Å². The number of fused-ring (bicyclic) bond motifs is 1. The van der Waals surface area contributed by atoms with Gasteiger partial charge in [-0.2, -0.15) is 0 Å². The molecule has 0 radical (unpaired) electrons. The largest absolute Gasteiger partial charge is 0.489 e. The Morgan fingerprint density at radius 3 is 2.25 bits per heavy atom. The van der Waals surface area contributed by atoms with Gasteiger partial charge in [0, 0.05) is 12.2 Å². The Bertz CT molecular complexity index is 1050. The molecule has 0 N–H and O–H groups in total. The number of carbonyl (C=O) groups is 2. The maximum Gasteiger partial charge on any atom is 0.344 e. The predicted octanol–water partition coefficient (Wildman–Crippen LogP) is 4.17. The Kier molecular flexibility index (Phi) is 7.02. The van der Waals surface area contributed by atoms with Crippen LogP contribution in [0.5, 0.6) is 11.5 Å². The van der Waals surface area contributed by atoms with Crippen molar-refractivity contribution < 1.29 is 23.8 Å². The second kappa shape index (κ2) is 10.5. The number of anilines is 1. The fraction of sp³-hybridized carbons (Fsp3) is 0.231. The highest BCUT2D eigenvalue weighted by Gasteiger charge is 2.23. The molecule has 0 bridgehead atoms. The predicted molar refractivity (Wildman–Crippen MR) is 121 cm³/mol. The van der Waals surface area contributed by atoms with Crippen LogP contribution in [0.4, 0.5) is 5.69 Å². The van der Waals surface area contributed by atoms with E-state index in [1.54, 1.807) is 29.2 Å². The number of hydrogen-bond donors (Lipinski definition) is 0. The summed E-state index contributed by atoms with van der Waals surface area (Å²) in [4.78, 5) is 26.2. The molecule has 3 aromatic rings. The average molecular weight is 431 g/mol. The Morgan fingerprint density at radius 2 is 1.47 bits per heavy atom. The second-order valence-corrected chi connectivity index (χ2v) is 7.47. The van der Waals surface area contributed by atoms with E-state index in [1.807, 2.05) is 54.6 Å². The minimum Gasteiger partial charge on any atom is -0.489 e. The molecule has 6 heteroatoms. The van der Waals surface area contributed by atoms with Gasteiger partial charge in [0.1, 0.15) is 18.1 Å². The van der Waals surface area contributed by atoms with E-state index in [-0.39, 0.29) is 19.1 Å². The molecule has 1 aliphatic rings. The molecule has 3 aromatic carbocycles. The van der Waals surface area contributed by atoms with Crippen LogP contribution in [0.3, 0.4) is 0 Å². The number of nitrogens with zero attached hydrogens (tertiary/aromatic N) is 1. The molecule has 0 aromatic heterocycles. The monoisotopic (exact) mass is 431 g/mol. The van der Waals surface area contributed by atoms with Crippen molar-refractivity contribution in [3.63, 3.8) is 0 Å². The molecule has 0 aliphatic carbocycles. The van der Waals surface area contributed by atoms with Gasteiger partial charge in [-0.25, -0.2) is 4.79 Å². The zero-order valence-corrected chi connectivity index (χ0v) is 17.7. The van der Waals surface area contributed by atoms with Crippen LogP contribution in [0.1, 0.15) is 17.5 Å². The van der Waals surface area contributed by atoms with Crippen molar-refractivity contribution in [1.29, 1.82) is 0 Å². The normalized spacial score (nSPS) is 12.6. The second-order valence-electron chi connectivity index (χ2n) is 7.47. The lowest BCUT2D eigenvalue weighted by Crippen LogP contribution is -2.38. The van der Waals surface area contributed by atoms with Crippen molar-refractivity contribution in [2.24, 2.45) is 0 Å². The number of carbonyl (C=O) groups excluding carboxylic acids is 2. The summed E-state index contributed by atoms with van der Waals surface area (Å²) in [5, 5.41) is 0. The summed E-state index contributed by atoms with van der Waals surface area (Å²) in [5.74, 6) is 0.403. The Balaban J connectivity index is 1.20. The fourth-order valence-corrected chi connectivity index (χ4v) is 3.57. The minimum atomic E-state index is -0.590. The van der Waals surface area contributed by atoms with Crippen LogP contribution < -0.4 is 14.4 Å². The first-order valence-electron chi connectivity index (χ1n) is 10.6. The van der Waals surface area contributed by atoms with Gasteiger partial charge < -0.3 is 19.1 Å². The number of benzene rings is 3. The summed E-state index contributed by atoms with van der Waals surface area (Å²) in [5.41, 5.74) is 3.11. The number of ether oxygens (including phenoxy) is 3. The average Bonchev–Trinajstić information content (AvgIpc) is 2.85. The standard InChI is InChI=1S/C26H25NO5/c28-25(27-16-6-10-21-9-4-5-11-24(21)27)18-32-26(29)19-31-23-14-12-22(13-15-23)30-17-20-7-2-1-3-8-20/h1-5,7-9,11-15H,6,10,16-19H2. The fourth-order valence-electron chi connectivity index (χ4n) is 3.57. The molecule has 0 spiro atoms. The molecule has 1 aliphatic heterocycles. The van der Waals surface area contributed by atoms with Gasteiger partial charge in [-0.05, 0) is 54.3 Å². The highest BCUT2D eigenvalue weighted by Crippen LogP contribution is 2.26. The molecule has 0 saturated carbocycles. The van der Waals surface area contributed by atoms with Crippen LogP contribution in [0.2, 0.25) is 0 Å². The Morgan fingerprint density at radius 1 is 0.781 bits per heavy atom. The Labute approximate surface area is 187 Å². The molecule has 0 saturated heterocycles. The van der Waals surface area contributed by atoms with Crippen molar-refractivity contribution in [2.75, 3.05) is 24.7 Å². The van der Waals surface area contributed by atoms with E-state index in [0.717, 1.165) is 29.7 Å². The van der Waals surface area contributed by atoms with Crippen molar-refractivity contribution in [3.8, 4) is 11.5 Å². The molecule has 1 heterocycles. The molecular weight excluding hydrogens is 406 g/mol. The maximum absolute atomic E-state index is 12.5. The lowest BCUT2D eigenvalue weighted by Gasteiger charge is -2.29. The smallest absolute Gasteiger partial charge is 0.344 e. The highest BCUT2D eigenvalue weighted by molar-refractivity contribution is 5.96. The van der Waals surface area contributed by atoms with E-state index >= 15 is 0 Å². The summed E-state index contributed by atoms with van der Waals surface area (Å²) < 4.78 is 16.3. The molecule has 1 amide bonds. The zero-order valence-electron chi connectivity index (χ0n) is 17.7. The van der Waals surface area contributed by atoms with Gasteiger partial charge in [0.15, 0.2) is 13.2 Å². The summed E-state index contributed by atoms with van der Waals surface area (Å²) in [6.45, 7) is 0.530. The molecule has 164 valence electrons. The zero-order chi connectivity index (χ0) is 22.2. The third-order valence-corrected chi connectivity index (χ3v) is 5.20. The van der Waals surface area contributed by atoms with Gasteiger partial charge in [0.2, 0.25) is 0 Å². The van der Waals surface area contributed by atoms with Crippen LogP contribution in [-0.2, 0) is 27.4 Å². The molecule has 0 atom stereocenters. The van der Waals surface area contributed by atoms with E-state index in [1.165, 1.54) is 0 Å². The van der Waals surface area contributed by atoms with Crippen LogP contribution in [0, 0.1) is 0 Å². The van der Waals surface area contributed by atoms with Gasteiger partial charge in [0.25, 0.3) is 5.91 Å². The third-order valence-electron chi connectivity index (χ3n) is 5.20. The number of esters is 1. The quantitative estimate of drug-likeness (QED) is 0.501. The summed E-state index contributed by atoms with van der Waals surface area (Å²) in [7, 11) is 0. The number of aryl methyl sites for hydroxylation is 1. The summed E-state index contributed by atoms with van der Waals surface area (Å²) in [6, 6.07) is 24.7. The highest BCUT2D eigenvalue weighted by atomic mass is 16.6. The van der Waals surface area contributed by atoms with Gasteiger partial charge >= 0.3 is 5.97 Å². The van der Waals surface area contributed by atoms with Crippen LogP contribution in [0.15, 0.2) is 78.9 Å². The van der Waals surface area contributed by atoms with Gasteiger partial charge in [-0.1, -0.05) is 48.5 Å². The number of rotatable bonds is 8. The summed E-state index contributed by atoms with van der Waals surface area (Å²) >= 11 is 0. The third kappa shape index (κ3) is 5.66. The lowest BCUT2D eigenvalue weighted by molar-refractivity contribution is -0.149. The molecule has 32 heavy (non-hydrogen) atoms. The van der Waals surface area contributed by atoms with Crippen molar-refractivity contribution in [2.45, 2.75) is 19.4 Å². The van der Waals surface area contributed by atoms with Gasteiger partial charge in [0.05, 0.1) is 0 Å². The minimum absolute atomic E-state index is 0.231. The SMILES string of the molecule is O=C(COc1ccc(OCc2ccccc2)cc1)OCC(=O)N1CCCc2ccccc21. The lowest BCUT2D eigenvalue weighted by atomic mass is 10.0. The molecule has 6 nitrogen and oxygen atoms in total. The van der Waals surface area contributed by atoms with Crippen LogP contribution in [-0.4, -0.2) is 31.6 Å². The Hall–Kier alpha value is -3.80. The van der Waals surface area contributed by atoms with Crippen molar-refractivity contribution >= 4 is 17.6 Å². The van der Waals surface area contributed by atoms with Gasteiger partial charge in [-0.15, -0.1) is 0 Å². The van der Waals surface area contributed by atoms with E-state index < -0.39 is 5.97 Å². The first-order valence-corrected chi connectivity index (χ1v) is 10.6. The summed E-state index contributed by atoms with van der Waals surface area (Å²) in [6.07, 6.45) is 1.84. The molecule has 4 rings (SSSR count). The van der Waals surface area contributed by atoms with E-state index in [0.29, 0.717) is 24.7 Å². The molecule has 0 unspecified atom stereocenters. The maximum atomic E-state index is 12.5. The number of amides is 1. The first-order chi connectivity index (χ1) is 15.7. The van der Waals surface area contributed by atoms with Crippen LogP contribution in [0.25, 0.3) is 0 Å².